The first-order chi connectivity index (χ1) is 14.2. The smallest absolute Gasteiger partial charge is 0.478 e. The van der Waals surface area contributed by atoms with E-state index in [1.165, 1.54) is 18.2 Å². The summed E-state index contributed by atoms with van der Waals surface area (Å²) in [5, 5.41) is 8.96. The minimum atomic E-state index is -1.24. The lowest BCUT2D eigenvalue weighted by Gasteiger charge is -2.23. The summed E-state index contributed by atoms with van der Waals surface area (Å²) in [5.74, 6) is -2.31. The topological polar surface area (TPSA) is 108 Å². The fourth-order valence-electron chi connectivity index (χ4n) is 2.31. The normalized spacial score (nSPS) is 12.0. The predicted octanol–water partition coefficient (Wildman–Crippen LogP) is 4.54. The van der Waals surface area contributed by atoms with Crippen LogP contribution in [-0.4, -0.2) is 47.7 Å². The molecule has 9 heteroatoms. The minimum absolute atomic E-state index is 0.128. The number of halogens is 1. The molecule has 0 fully saturated rings. The average Bonchev–Trinajstić information content (AvgIpc) is 2.57. The molecule has 0 amide bonds. The predicted molar refractivity (Wildman–Crippen MR) is 111 cm³/mol. The monoisotopic (exact) mass is 440 g/mol. The van der Waals surface area contributed by atoms with Crippen molar-refractivity contribution in [2.24, 2.45) is 0 Å². The number of hydrogen-bond acceptors (Lipinski definition) is 7. The molecule has 0 aliphatic heterocycles. The Morgan fingerprint density at radius 2 is 1.65 bits per heavy atom. The molecule has 8 nitrogen and oxygen atoms in total. The highest BCUT2D eigenvalue weighted by Crippen LogP contribution is 2.32. The summed E-state index contributed by atoms with van der Waals surface area (Å²) in [6, 6.07) is 2.93. The fourth-order valence-corrected chi connectivity index (χ4v) is 2.31. The molecule has 0 aromatic heterocycles. The zero-order valence-corrected chi connectivity index (χ0v) is 18.6. The lowest BCUT2D eigenvalue weighted by Crippen LogP contribution is -2.28. The fraction of sp³-hybridized carbons (Fsp3) is 0.500. The van der Waals surface area contributed by atoms with Crippen molar-refractivity contribution in [1.82, 2.24) is 0 Å². The van der Waals surface area contributed by atoms with Crippen molar-refractivity contribution in [3.05, 3.63) is 34.9 Å². The van der Waals surface area contributed by atoms with E-state index in [0.717, 1.165) is 6.08 Å². The number of carboxylic acid groups (broad SMARTS) is 1. The molecule has 0 saturated carbocycles. The van der Waals surface area contributed by atoms with Crippen LogP contribution in [0.2, 0.25) is 0 Å². The van der Waals surface area contributed by atoms with Crippen LogP contribution in [0.4, 0.5) is 9.18 Å². The van der Waals surface area contributed by atoms with Crippen LogP contribution < -0.4 is 4.74 Å². The Labute approximate surface area is 180 Å². The Balaban J connectivity index is 3.59. The second-order valence-electron chi connectivity index (χ2n) is 8.50. The summed E-state index contributed by atoms with van der Waals surface area (Å²) in [4.78, 5) is 36.3. The van der Waals surface area contributed by atoms with E-state index in [-0.39, 0.29) is 35.7 Å². The molecule has 1 aromatic carbocycles. The lowest BCUT2D eigenvalue weighted by atomic mass is 10.0. The molecule has 0 heterocycles. The molecular formula is C22H29FO8. The van der Waals surface area contributed by atoms with Crippen LogP contribution >= 0.6 is 0 Å². The minimum Gasteiger partial charge on any atom is -0.478 e. The van der Waals surface area contributed by atoms with Gasteiger partial charge in [-0.3, -0.25) is 0 Å². The van der Waals surface area contributed by atoms with Crippen LogP contribution in [0.1, 0.15) is 63.0 Å². The van der Waals surface area contributed by atoms with Crippen molar-refractivity contribution in [2.45, 2.75) is 59.4 Å². The van der Waals surface area contributed by atoms with Crippen LogP contribution in [0.15, 0.2) is 18.2 Å². The van der Waals surface area contributed by atoms with Crippen LogP contribution in [0.25, 0.3) is 6.08 Å². The van der Waals surface area contributed by atoms with Gasteiger partial charge in [0.05, 0.1) is 13.2 Å². The van der Waals surface area contributed by atoms with Gasteiger partial charge in [-0.15, -0.1) is 0 Å². The average molecular weight is 440 g/mol. The quantitative estimate of drug-likeness (QED) is 0.272. The molecule has 0 spiro atoms. The van der Waals surface area contributed by atoms with Gasteiger partial charge in [-0.1, -0.05) is 12.1 Å². The van der Waals surface area contributed by atoms with Gasteiger partial charge in [-0.25, -0.2) is 18.8 Å². The number of rotatable bonds is 8. The third kappa shape index (κ3) is 9.61. The molecule has 0 unspecified atom stereocenters. The van der Waals surface area contributed by atoms with E-state index in [4.69, 9.17) is 24.1 Å². The first-order valence-electron chi connectivity index (χ1n) is 9.58. The van der Waals surface area contributed by atoms with E-state index in [0.29, 0.717) is 0 Å². The van der Waals surface area contributed by atoms with E-state index in [2.05, 4.69) is 0 Å². The molecular weight excluding hydrogens is 411 g/mol. The molecule has 31 heavy (non-hydrogen) atoms. The standard InChI is InChI=1S/C22H29FO8/c1-21(2,3)30-19(26)17-15(13-28-12-11-23)8-7-14(9-10-16(24)25)18(17)29-20(27)31-22(4,5)6/h7-10H,11-13H2,1-6H3,(H,24,25)/b10-9+. The molecule has 1 aromatic rings. The highest BCUT2D eigenvalue weighted by Gasteiger charge is 2.29. The number of carbonyl (C=O) groups excluding carboxylic acids is 2. The number of hydrogen-bond donors (Lipinski definition) is 1. The first kappa shape index (κ1) is 26.1. The SMILES string of the molecule is CC(C)(C)OC(=O)Oc1c(/C=C/C(=O)O)ccc(COCCF)c1C(=O)OC(C)(C)C. The molecule has 1 N–H and O–H groups in total. The number of carbonyl (C=O) groups is 3. The van der Waals surface area contributed by atoms with E-state index in [9.17, 15) is 18.8 Å². The summed E-state index contributed by atoms with van der Waals surface area (Å²) >= 11 is 0. The second kappa shape index (κ2) is 10.9. The van der Waals surface area contributed by atoms with E-state index in [1.54, 1.807) is 41.5 Å². The number of esters is 1. The van der Waals surface area contributed by atoms with E-state index in [1.807, 2.05) is 0 Å². The van der Waals surface area contributed by atoms with Crippen LogP contribution in [-0.2, 0) is 25.6 Å². The van der Waals surface area contributed by atoms with Gasteiger partial charge in [0, 0.05) is 11.6 Å². The highest BCUT2D eigenvalue weighted by molar-refractivity contribution is 5.97. The third-order valence-corrected chi connectivity index (χ3v) is 3.34. The number of ether oxygens (including phenoxy) is 4. The third-order valence-electron chi connectivity index (χ3n) is 3.34. The molecule has 0 saturated heterocycles. The van der Waals surface area contributed by atoms with Crippen molar-refractivity contribution < 1.29 is 42.8 Å². The van der Waals surface area contributed by atoms with Gasteiger partial charge >= 0.3 is 18.1 Å². The number of alkyl halides is 1. The van der Waals surface area contributed by atoms with Gasteiger partial charge in [-0.05, 0) is 53.2 Å². The Morgan fingerprint density at radius 3 is 2.16 bits per heavy atom. The van der Waals surface area contributed by atoms with Crippen molar-refractivity contribution in [1.29, 1.82) is 0 Å². The maximum atomic E-state index is 13.0. The van der Waals surface area contributed by atoms with Crippen molar-refractivity contribution >= 4 is 24.2 Å². The zero-order valence-electron chi connectivity index (χ0n) is 18.6. The van der Waals surface area contributed by atoms with Gasteiger partial charge in [0.1, 0.15) is 23.4 Å². The maximum Gasteiger partial charge on any atom is 0.514 e. The second-order valence-corrected chi connectivity index (χ2v) is 8.50. The Morgan fingerprint density at radius 1 is 1.03 bits per heavy atom. The number of benzene rings is 1. The highest BCUT2D eigenvalue weighted by atomic mass is 19.1. The number of carboxylic acids is 1. The summed E-state index contributed by atoms with van der Waals surface area (Å²) < 4.78 is 33.6. The Kier molecular flexibility index (Phi) is 9.18. The Bertz CT molecular complexity index is 831. The van der Waals surface area contributed by atoms with Gasteiger partial charge < -0.3 is 24.1 Å². The van der Waals surface area contributed by atoms with Gasteiger partial charge in [0.2, 0.25) is 0 Å². The summed E-state index contributed by atoms with van der Waals surface area (Å²) in [6.45, 7) is 8.80. The molecule has 172 valence electrons. The van der Waals surface area contributed by atoms with Crippen LogP contribution in [0.5, 0.6) is 5.75 Å². The largest absolute Gasteiger partial charge is 0.514 e. The molecule has 0 radical (unpaired) electrons. The Hall–Kier alpha value is -2.94. The number of aliphatic carboxylic acids is 1. The lowest BCUT2D eigenvalue weighted by molar-refractivity contribution is -0.131. The maximum absolute atomic E-state index is 13.0. The molecule has 1 rings (SSSR count). The summed E-state index contributed by atoms with van der Waals surface area (Å²) in [5.41, 5.74) is -1.49. The molecule has 0 atom stereocenters. The van der Waals surface area contributed by atoms with Gasteiger partial charge in [-0.2, -0.15) is 0 Å². The van der Waals surface area contributed by atoms with Crippen LogP contribution in [0, 0.1) is 0 Å². The van der Waals surface area contributed by atoms with Gasteiger partial charge in [0.15, 0.2) is 5.75 Å². The molecule has 0 bridgehead atoms. The first-order valence-corrected chi connectivity index (χ1v) is 9.58. The van der Waals surface area contributed by atoms with E-state index >= 15 is 0 Å². The van der Waals surface area contributed by atoms with Crippen molar-refractivity contribution in [3.8, 4) is 5.75 Å². The summed E-state index contributed by atoms with van der Waals surface area (Å²) in [7, 11) is 0. The summed E-state index contributed by atoms with van der Waals surface area (Å²) in [6.07, 6.45) is 0.904. The van der Waals surface area contributed by atoms with Gasteiger partial charge in [0.25, 0.3) is 0 Å². The van der Waals surface area contributed by atoms with Crippen molar-refractivity contribution in [2.75, 3.05) is 13.3 Å². The van der Waals surface area contributed by atoms with Crippen molar-refractivity contribution in [3.63, 3.8) is 0 Å². The van der Waals surface area contributed by atoms with Crippen LogP contribution in [0.3, 0.4) is 0 Å². The molecule has 0 aliphatic carbocycles. The molecule has 0 aliphatic rings. The van der Waals surface area contributed by atoms with E-state index < -0.39 is 36.0 Å². The zero-order chi connectivity index (χ0) is 23.8.